The molecular formula is C27H35N5O5. The minimum Gasteiger partial charge on any atom is -0.495 e. The van der Waals surface area contributed by atoms with Gasteiger partial charge in [-0.25, -0.2) is 9.78 Å². The van der Waals surface area contributed by atoms with Gasteiger partial charge in [0.2, 0.25) is 5.91 Å². The summed E-state index contributed by atoms with van der Waals surface area (Å²) in [6, 6.07) is 5.54. The number of rotatable bonds is 9. The van der Waals surface area contributed by atoms with Crippen molar-refractivity contribution in [1.82, 2.24) is 19.3 Å². The maximum absolute atomic E-state index is 12.4. The molecule has 2 aromatic heterocycles. The third-order valence-corrected chi connectivity index (χ3v) is 6.65. The molecule has 198 valence electrons. The predicted octanol–water partition coefficient (Wildman–Crippen LogP) is 4.41. The Morgan fingerprint density at radius 1 is 1.27 bits per heavy atom. The van der Waals surface area contributed by atoms with Crippen molar-refractivity contribution in [2.45, 2.75) is 52.1 Å². The lowest BCUT2D eigenvalue weighted by molar-refractivity contribution is -0.134. The second kappa shape index (κ2) is 11.6. The molecule has 0 radical (unpaired) electrons. The fourth-order valence-corrected chi connectivity index (χ4v) is 4.85. The number of fused-ring (bicyclic) bond motifs is 1. The lowest BCUT2D eigenvalue weighted by atomic mass is 10.1. The molecule has 4 rings (SSSR count). The molecule has 0 bridgehead atoms. The Kier molecular flexibility index (Phi) is 8.27. The second-order valence-electron chi connectivity index (χ2n) is 9.35. The van der Waals surface area contributed by atoms with E-state index in [0.29, 0.717) is 24.5 Å². The maximum Gasteiger partial charge on any atom is 0.412 e. The summed E-state index contributed by atoms with van der Waals surface area (Å²) in [5.41, 5.74) is 3.86. The van der Waals surface area contributed by atoms with Crippen molar-refractivity contribution in [1.29, 1.82) is 0 Å². The molecule has 37 heavy (non-hydrogen) atoms. The van der Waals surface area contributed by atoms with E-state index in [1.54, 1.807) is 19.4 Å². The molecule has 1 aromatic carbocycles. The molecule has 1 saturated heterocycles. The van der Waals surface area contributed by atoms with Crippen molar-refractivity contribution in [2.75, 3.05) is 39.2 Å². The number of hydrogen-bond donors (Lipinski definition) is 1. The maximum atomic E-state index is 12.4. The topological polar surface area (TPSA) is 107 Å². The Morgan fingerprint density at radius 3 is 2.81 bits per heavy atom. The SMILES string of the molecule is CCCC(C)OC(=O)Nc1ccc(-c2nc(C3CCN(C(=O)COC)C3)n3ccnc(C)c23)cc1OC. The van der Waals surface area contributed by atoms with E-state index in [9.17, 15) is 9.59 Å². The van der Waals surface area contributed by atoms with E-state index in [4.69, 9.17) is 19.2 Å². The molecule has 2 atom stereocenters. The molecular weight excluding hydrogens is 474 g/mol. The standard InChI is InChI=1S/C27H35N5O5/c1-6-7-17(2)37-27(34)29-21-9-8-19(14-22(21)36-5)24-25-18(3)28-11-13-32(25)26(30-24)20-10-12-31(15-20)23(33)16-35-4/h8-9,11,13-14,17,20H,6-7,10,12,15-16H2,1-5H3,(H,29,34). The van der Waals surface area contributed by atoms with Crippen LogP contribution in [0.1, 0.15) is 50.5 Å². The average Bonchev–Trinajstić information content (AvgIpc) is 3.50. The molecule has 1 aliphatic rings. The zero-order chi connectivity index (χ0) is 26.5. The van der Waals surface area contributed by atoms with E-state index in [1.165, 1.54) is 7.11 Å². The van der Waals surface area contributed by atoms with Gasteiger partial charge < -0.3 is 19.1 Å². The number of imidazole rings is 1. The lowest BCUT2D eigenvalue weighted by Gasteiger charge is -2.15. The number of methoxy groups -OCH3 is 2. The largest absolute Gasteiger partial charge is 0.495 e. The first-order valence-electron chi connectivity index (χ1n) is 12.6. The number of carbonyl (C=O) groups excluding carboxylic acids is 2. The molecule has 1 fully saturated rings. The fraction of sp³-hybridized carbons (Fsp3) is 0.481. The molecule has 3 heterocycles. The van der Waals surface area contributed by atoms with Crippen LogP contribution in [-0.2, 0) is 14.3 Å². The number of aromatic nitrogens is 3. The summed E-state index contributed by atoms with van der Waals surface area (Å²) in [6.45, 7) is 7.21. The molecule has 0 aliphatic carbocycles. The number of ether oxygens (including phenoxy) is 3. The third kappa shape index (κ3) is 5.69. The van der Waals surface area contributed by atoms with E-state index in [0.717, 1.165) is 47.6 Å². The number of aryl methyl sites for hydroxylation is 1. The molecule has 1 N–H and O–H groups in total. The van der Waals surface area contributed by atoms with Crippen molar-refractivity contribution in [2.24, 2.45) is 0 Å². The van der Waals surface area contributed by atoms with Crippen molar-refractivity contribution in [3.63, 3.8) is 0 Å². The highest BCUT2D eigenvalue weighted by Gasteiger charge is 2.31. The van der Waals surface area contributed by atoms with E-state index in [-0.39, 0.29) is 24.5 Å². The molecule has 2 unspecified atom stereocenters. The van der Waals surface area contributed by atoms with Crippen molar-refractivity contribution < 1.29 is 23.8 Å². The Labute approximate surface area is 216 Å². The van der Waals surface area contributed by atoms with Crippen LogP contribution in [0.5, 0.6) is 5.75 Å². The summed E-state index contributed by atoms with van der Waals surface area (Å²) in [5, 5.41) is 2.78. The van der Waals surface area contributed by atoms with E-state index in [2.05, 4.69) is 14.7 Å². The summed E-state index contributed by atoms with van der Waals surface area (Å²) < 4.78 is 18.1. The van der Waals surface area contributed by atoms with Gasteiger partial charge in [0.1, 0.15) is 24.3 Å². The molecule has 2 amide bonds. The summed E-state index contributed by atoms with van der Waals surface area (Å²) in [4.78, 5) is 36.1. The van der Waals surface area contributed by atoms with E-state index < -0.39 is 6.09 Å². The summed E-state index contributed by atoms with van der Waals surface area (Å²) >= 11 is 0. The van der Waals surface area contributed by atoms with Crippen LogP contribution in [0.2, 0.25) is 0 Å². The smallest absolute Gasteiger partial charge is 0.412 e. The minimum absolute atomic E-state index is 0.0145. The van der Waals surface area contributed by atoms with E-state index >= 15 is 0 Å². The zero-order valence-electron chi connectivity index (χ0n) is 22.1. The van der Waals surface area contributed by atoms with Gasteiger partial charge in [0.25, 0.3) is 0 Å². The quantitative estimate of drug-likeness (QED) is 0.455. The van der Waals surface area contributed by atoms with Gasteiger partial charge >= 0.3 is 6.09 Å². The van der Waals surface area contributed by atoms with Crippen LogP contribution in [-0.4, -0.2) is 71.3 Å². The first-order valence-corrected chi connectivity index (χ1v) is 12.6. The van der Waals surface area contributed by atoms with Crippen molar-refractivity contribution in [3.8, 4) is 17.0 Å². The van der Waals surface area contributed by atoms with Crippen LogP contribution in [0.15, 0.2) is 30.6 Å². The van der Waals surface area contributed by atoms with Gasteiger partial charge in [-0.1, -0.05) is 19.4 Å². The number of nitrogens with one attached hydrogen (secondary N) is 1. The van der Waals surface area contributed by atoms with Crippen molar-refractivity contribution in [3.05, 3.63) is 42.1 Å². The molecule has 1 aliphatic heterocycles. The molecule has 3 aromatic rings. The Bertz CT molecular complexity index is 1270. The van der Waals surface area contributed by atoms with Gasteiger partial charge in [-0.05, 0) is 38.8 Å². The van der Waals surface area contributed by atoms with Crippen LogP contribution in [0, 0.1) is 6.92 Å². The minimum atomic E-state index is -0.518. The zero-order valence-corrected chi connectivity index (χ0v) is 22.1. The highest BCUT2D eigenvalue weighted by molar-refractivity contribution is 5.89. The monoisotopic (exact) mass is 509 g/mol. The normalized spacial score (nSPS) is 16.1. The van der Waals surface area contributed by atoms with Crippen LogP contribution >= 0.6 is 0 Å². The van der Waals surface area contributed by atoms with Gasteiger partial charge in [-0.3, -0.25) is 19.5 Å². The second-order valence-corrected chi connectivity index (χ2v) is 9.35. The average molecular weight is 510 g/mol. The number of benzene rings is 1. The Balaban J connectivity index is 1.65. The van der Waals surface area contributed by atoms with Crippen LogP contribution in [0.4, 0.5) is 10.5 Å². The molecule has 0 spiro atoms. The van der Waals surface area contributed by atoms with Gasteiger partial charge in [0.15, 0.2) is 0 Å². The molecule has 0 saturated carbocycles. The third-order valence-electron chi connectivity index (χ3n) is 6.65. The van der Waals surface area contributed by atoms with Gasteiger partial charge in [-0.2, -0.15) is 0 Å². The summed E-state index contributed by atoms with van der Waals surface area (Å²) in [5.74, 6) is 1.46. The van der Waals surface area contributed by atoms with Crippen molar-refractivity contribution >= 4 is 23.2 Å². The number of hydrogen-bond acceptors (Lipinski definition) is 7. The highest BCUT2D eigenvalue weighted by Crippen LogP contribution is 2.36. The molecule has 10 nitrogen and oxygen atoms in total. The lowest BCUT2D eigenvalue weighted by Crippen LogP contribution is -2.31. The highest BCUT2D eigenvalue weighted by atomic mass is 16.6. The number of amides is 2. The predicted molar refractivity (Wildman–Crippen MR) is 140 cm³/mol. The number of carbonyl (C=O) groups is 2. The Hall–Kier alpha value is -3.66. The number of anilines is 1. The van der Waals surface area contributed by atoms with Gasteiger partial charge in [-0.15, -0.1) is 0 Å². The first kappa shape index (κ1) is 26.4. The fourth-order valence-electron chi connectivity index (χ4n) is 4.85. The number of likely N-dealkylation sites (tertiary alicyclic amines) is 1. The van der Waals surface area contributed by atoms with Gasteiger partial charge in [0.05, 0.1) is 29.7 Å². The summed E-state index contributed by atoms with van der Waals surface area (Å²) in [7, 11) is 3.09. The molecule has 10 heteroatoms. The van der Waals surface area contributed by atoms with E-state index in [1.807, 2.05) is 44.0 Å². The Morgan fingerprint density at radius 2 is 2.08 bits per heavy atom. The summed E-state index contributed by atoms with van der Waals surface area (Å²) in [6.07, 6.45) is 5.54. The van der Waals surface area contributed by atoms with Gasteiger partial charge in [0, 0.05) is 44.1 Å². The van der Waals surface area contributed by atoms with Crippen LogP contribution in [0.25, 0.3) is 16.8 Å². The van der Waals surface area contributed by atoms with Crippen LogP contribution in [0.3, 0.4) is 0 Å². The van der Waals surface area contributed by atoms with Crippen LogP contribution < -0.4 is 10.1 Å². The first-order chi connectivity index (χ1) is 17.9. The number of nitrogens with zero attached hydrogens (tertiary/aromatic N) is 4.